The van der Waals surface area contributed by atoms with Crippen molar-refractivity contribution in [3.05, 3.63) is 23.8 Å². The molecule has 1 rings (SSSR count). The fourth-order valence-electron chi connectivity index (χ4n) is 0.808. The second-order valence-corrected chi connectivity index (χ2v) is 4.47. The molecule has 0 radical (unpaired) electrons. The van der Waals surface area contributed by atoms with Gasteiger partial charge < -0.3 is 5.11 Å². The molecule has 72 valence electrons. The molecule has 0 aliphatic carbocycles. The zero-order valence-corrected chi connectivity index (χ0v) is 7.40. The highest BCUT2D eigenvalue weighted by molar-refractivity contribution is 7.90. The molecule has 0 saturated carbocycles. The summed E-state index contributed by atoms with van der Waals surface area (Å²) in [6.45, 7) is 0. The summed E-state index contributed by atoms with van der Waals surface area (Å²) in [5.41, 5.74) is 0. The molecule has 1 aromatic carbocycles. The van der Waals surface area contributed by atoms with Crippen molar-refractivity contribution in [1.29, 1.82) is 0 Å². The SMILES string of the molecule is CS(=O)(=O)c1ccc(O)c(F)c1F. The fraction of sp³-hybridized carbons (Fsp3) is 0.143. The van der Waals surface area contributed by atoms with Crippen LogP contribution in [0.2, 0.25) is 0 Å². The van der Waals surface area contributed by atoms with Gasteiger partial charge in [0.05, 0.1) is 0 Å². The lowest BCUT2D eigenvalue weighted by Crippen LogP contribution is -2.02. The summed E-state index contributed by atoms with van der Waals surface area (Å²) in [5.74, 6) is -4.02. The number of halogens is 2. The van der Waals surface area contributed by atoms with Gasteiger partial charge in [-0.1, -0.05) is 0 Å². The first-order valence-electron chi connectivity index (χ1n) is 3.21. The fourth-order valence-corrected chi connectivity index (χ4v) is 1.54. The highest BCUT2D eigenvalue weighted by atomic mass is 32.2. The molecule has 3 nitrogen and oxygen atoms in total. The normalized spacial score (nSPS) is 11.6. The van der Waals surface area contributed by atoms with Crippen molar-refractivity contribution in [2.24, 2.45) is 0 Å². The number of aromatic hydroxyl groups is 1. The first kappa shape index (κ1) is 9.91. The minimum Gasteiger partial charge on any atom is -0.505 e. The number of sulfone groups is 1. The van der Waals surface area contributed by atoms with Crippen LogP contribution in [0, 0.1) is 11.6 Å². The van der Waals surface area contributed by atoms with Gasteiger partial charge >= 0.3 is 0 Å². The molecule has 0 aliphatic rings. The molecular weight excluding hydrogens is 202 g/mol. The number of phenolic OH excluding ortho intramolecular Hbond substituents is 1. The molecule has 1 aromatic rings. The number of phenols is 1. The molecule has 0 heterocycles. The van der Waals surface area contributed by atoms with Crippen LogP contribution < -0.4 is 0 Å². The third kappa shape index (κ3) is 1.77. The first-order chi connectivity index (χ1) is 5.84. The van der Waals surface area contributed by atoms with Crippen LogP contribution in [0.1, 0.15) is 0 Å². The summed E-state index contributed by atoms with van der Waals surface area (Å²) < 4.78 is 47.1. The molecular formula is C7H6F2O3S. The van der Waals surface area contributed by atoms with E-state index < -0.39 is 32.1 Å². The van der Waals surface area contributed by atoms with E-state index in [1.54, 1.807) is 0 Å². The van der Waals surface area contributed by atoms with Crippen LogP contribution in [0.4, 0.5) is 8.78 Å². The van der Waals surface area contributed by atoms with E-state index in [4.69, 9.17) is 5.11 Å². The van der Waals surface area contributed by atoms with Crippen LogP contribution >= 0.6 is 0 Å². The molecule has 13 heavy (non-hydrogen) atoms. The topological polar surface area (TPSA) is 54.4 Å². The van der Waals surface area contributed by atoms with E-state index >= 15 is 0 Å². The van der Waals surface area contributed by atoms with Crippen molar-refractivity contribution in [3.63, 3.8) is 0 Å². The van der Waals surface area contributed by atoms with E-state index in [-0.39, 0.29) is 0 Å². The van der Waals surface area contributed by atoms with Gasteiger partial charge in [0.15, 0.2) is 21.4 Å². The van der Waals surface area contributed by atoms with Gasteiger partial charge in [-0.25, -0.2) is 12.8 Å². The minimum atomic E-state index is -3.80. The second kappa shape index (κ2) is 2.95. The Morgan fingerprint density at radius 3 is 2.23 bits per heavy atom. The van der Waals surface area contributed by atoms with Crippen LogP contribution in [0.25, 0.3) is 0 Å². The third-order valence-corrected chi connectivity index (χ3v) is 2.54. The molecule has 0 spiro atoms. The average molecular weight is 208 g/mol. The van der Waals surface area contributed by atoms with Crippen molar-refractivity contribution < 1.29 is 22.3 Å². The Morgan fingerprint density at radius 1 is 1.23 bits per heavy atom. The molecule has 0 saturated heterocycles. The maximum atomic E-state index is 12.8. The molecule has 6 heteroatoms. The Morgan fingerprint density at radius 2 is 1.77 bits per heavy atom. The van der Waals surface area contributed by atoms with Crippen molar-refractivity contribution in [2.45, 2.75) is 4.90 Å². The summed E-state index contributed by atoms with van der Waals surface area (Å²) in [6, 6.07) is 1.60. The average Bonchev–Trinajstić information content (AvgIpc) is 1.98. The van der Waals surface area contributed by atoms with Gasteiger partial charge in [-0.15, -0.1) is 0 Å². The maximum Gasteiger partial charge on any atom is 0.201 e. The second-order valence-electron chi connectivity index (χ2n) is 2.48. The predicted molar refractivity (Wildman–Crippen MR) is 41.1 cm³/mol. The highest BCUT2D eigenvalue weighted by Crippen LogP contribution is 2.23. The quantitative estimate of drug-likeness (QED) is 0.751. The summed E-state index contributed by atoms with van der Waals surface area (Å²) >= 11 is 0. The summed E-state index contributed by atoms with van der Waals surface area (Å²) in [4.78, 5) is -0.761. The Balaban J connectivity index is 3.53. The predicted octanol–water partition coefficient (Wildman–Crippen LogP) is 1.07. The van der Waals surface area contributed by atoms with Crippen molar-refractivity contribution >= 4 is 9.84 Å². The number of rotatable bonds is 1. The van der Waals surface area contributed by atoms with E-state index in [2.05, 4.69) is 0 Å². The van der Waals surface area contributed by atoms with Gasteiger partial charge in [0.1, 0.15) is 4.90 Å². The number of hydrogen-bond acceptors (Lipinski definition) is 3. The summed E-state index contributed by atoms with van der Waals surface area (Å²) in [7, 11) is -3.80. The zero-order valence-electron chi connectivity index (χ0n) is 6.58. The lowest BCUT2D eigenvalue weighted by atomic mass is 10.3. The number of hydrogen-bond donors (Lipinski definition) is 1. The van der Waals surface area contributed by atoms with Gasteiger partial charge in [-0.2, -0.15) is 4.39 Å². The van der Waals surface area contributed by atoms with Gasteiger partial charge in [0.2, 0.25) is 5.82 Å². The van der Waals surface area contributed by atoms with E-state index in [0.29, 0.717) is 0 Å². The largest absolute Gasteiger partial charge is 0.505 e. The van der Waals surface area contributed by atoms with E-state index in [0.717, 1.165) is 18.4 Å². The Bertz CT molecular complexity index is 439. The first-order valence-corrected chi connectivity index (χ1v) is 5.10. The van der Waals surface area contributed by atoms with Gasteiger partial charge in [-0.05, 0) is 12.1 Å². The Hall–Kier alpha value is -1.17. The molecule has 0 bridgehead atoms. The summed E-state index contributed by atoms with van der Waals surface area (Å²) in [5, 5.41) is 8.68. The number of benzene rings is 1. The van der Waals surface area contributed by atoms with Gasteiger partial charge in [0, 0.05) is 6.26 Å². The van der Waals surface area contributed by atoms with E-state index in [9.17, 15) is 17.2 Å². The van der Waals surface area contributed by atoms with Gasteiger partial charge in [0.25, 0.3) is 0 Å². The minimum absolute atomic E-state index is 0.752. The molecule has 0 unspecified atom stereocenters. The van der Waals surface area contributed by atoms with Crippen LogP contribution in [0.5, 0.6) is 5.75 Å². The lowest BCUT2D eigenvalue weighted by molar-refractivity contribution is 0.399. The van der Waals surface area contributed by atoms with Crippen molar-refractivity contribution in [2.75, 3.05) is 6.26 Å². The Labute approximate surface area is 73.5 Å². The van der Waals surface area contributed by atoms with E-state index in [1.807, 2.05) is 0 Å². The zero-order chi connectivity index (χ0) is 10.2. The van der Waals surface area contributed by atoms with Crippen LogP contribution in [-0.4, -0.2) is 19.8 Å². The van der Waals surface area contributed by atoms with E-state index in [1.165, 1.54) is 0 Å². The monoisotopic (exact) mass is 208 g/mol. The molecule has 0 fully saturated rings. The Kier molecular flexibility index (Phi) is 2.25. The highest BCUT2D eigenvalue weighted by Gasteiger charge is 2.19. The molecule has 0 aromatic heterocycles. The van der Waals surface area contributed by atoms with Crippen LogP contribution in [0.15, 0.2) is 17.0 Å². The van der Waals surface area contributed by atoms with Crippen molar-refractivity contribution in [3.8, 4) is 5.75 Å². The summed E-state index contributed by atoms with van der Waals surface area (Å²) in [6.07, 6.45) is 0.752. The standard InChI is InChI=1S/C7H6F2O3S/c1-13(11,12)5-3-2-4(10)6(8)7(5)9/h2-3,10H,1H3. The molecule has 1 N–H and O–H groups in total. The molecule has 0 atom stereocenters. The molecule has 0 amide bonds. The van der Waals surface area contributed by atoms with Crippen LogP contribution in [-0.2, 0) is 9.84 Å². The lowest BCUT2D eigenvalue weighted by Gasteiger charge is -2.02. The van der Waals surface area contributed by atoms with Crippen molar-refractivity contribution in [1.82, 2.24) is 0 Å². The maximum absolute atomic E-state index is 12.8. The van der Waals surface area contributed by atoms with Crippen LogP contribution in [0.3, 0.4) is 0 Å². The third-order valence-electron chi connectivity index (χ3n) is 1.43. The molecule has 0 aliphatic heterocycles. The van der Waals surface area contributed by atoms with Gasteiger partial charge in [-0.3, -0.25) is 0 Å². The smallest absolute Gasteiger partial charge is 0.201 e.